The van der Waals surface area contributed by atoms with Gasteiger partial charge >= 0.3 is 6.03 Å². The minimum Gasteiger partial charge on any atom is -0.303 e. The molecule has 1 fully saturated rings. The van der Waals surface area contributed by atoms with Gasteiger partial charge in [0.1, 0.15) is 11.5 Å². The average Bonchev–Trinajstić information content (AvgIpc) is 3.34. The number of halogens is 1. The molecule has 5 rings (SSSR count). The Morgan fingerprint density at radius 1 is 0.889 bits per heavy atom. The van der Waals surface area contributed by atoms with Crippen LogP contribution in [0.1, 0.15) is 22.3 Å². The molecule has 0 spiro atoms. The second kappa shape index (κ2) is 9.14. The lowest BCUT2D eigenvalue weighted by atomic mass is 10.1. The molecule has 36 heavy (non-hydrogen) atoms. The van der Waals surface area contributed by atoms with Gasteiger partial charge in [0.2, 0.25) is 0 Å². The van der Waals surface area contributed by atoms with Crippen molar-refractivity contribution in [2.24, 2.45) is 0 Å². The van der Waals surface area contributed by atoms with Crippen LogP contribution < -0.4 is 10.9 Å². The summed E-state index contributed by atoms with van der Waals surface area (Å²) in [7, 11) is 0. The van der Waals surface area contributed by atoms with E-state index in [4.69, 9.17) is 0 Å². The standard InChI is InChI=1S/C28H23FN4O3/c1-17-7-6-10-24(18(17)2)33-26(34)22(25(31-33)20-8-4-3-5-9-20)15-23-27(35)32(28(36)30-23)16-19-11-13-21(29)14-12-19/h3-15,31H,16H2,1-2H3,(H,30,36)/b23-15-. The third-order valence-corrected chi connectivity index (χ3v) is 6.31. The number of aromatic nitrogens is 2. The van der Waals surface area contributed by atoms with Gasteiger partial charge in [0.25, 0.3) is 11.5 Å². The zero-order valence-corrected chi connectivity index (χ0v) is 19.7. The summed E-state index contributed by atoms with van der Waals surface area (Å²) in [5, 5.41) is 5.77. The number of urea groups is 1. The molecule has 0 bridgehead atoms. The van der Waals surface area contributed by atoms with Crippen LogP contribution >= 0.6 is 0 Å². The van der Waals surface area contributed by atoms with Crippen molar-refractivity contribution in [3.05, 3.63) is 117 Å². The number of aromatic amines is 1. The van der Waals surface area contributed by atoms with Gasteiger partial charge < -0.3 is 5.32 Å². The lowest BCUT2D eigenvalue weighted by molar-refractivity contribution is -0.123. The summed E-state index contributed by atoms with van der Waals surface area (Å²) in [5.41, 5.74) is 4.43. The number of nitrogens with zero attached hydrogens (tertiary/aromatic N) is 2. The summed E-state index contributed by atoms with van der Waals surface area (Å²) in [6, 6.07) is 19.9. The van der Waals surface area contributed by atoms with E-state index in [2.05, 4.69) is 10.4 Å². The summed E-state index contributed by atoms with van der Waals surface area (Å²) in [6.45, 7) is 3.89. The second-order valence-electron chi connectivity index (χ2n) is 8.63. The number of rotatable bonds is 5. The number of carbonyl (C=O) groups excluding carboxylic acids is 2. The molecule has 0 atom stereocenters. The van der Waals surface area contributed by atoms with E-state index in [0.29, 0.717) is 16.9 Å². The van der Waals surface area contributed by atoms with Crippen LogP contribution in [0.25, 0.3) is 23.0 Å². The number of benzene rings is 3. The Bertz CT molecular complexity index is 1570. The van der Waals surface area contributed by atoms with Crippen molar-refractivity contribution in [1.82, 2.24) is 20.0 Å². The number of nitrogens with one attached hydrogen (secondary N) is 2. The summed E-state index contributed by atoms with van der Waals surface area (Å²) in [4.78, 5) is 40.3. The molecular formula is C28H23FN4O3. The van der Waals surface area contributed by atoms with E-state index in [1.807, 2.05) is 62.4 Å². The first-order valence-electron chi connectivity index (χ1n) is 11.4. The summed E-state index contributed by atoms with van der Waals surface area (Å²) in [6.07, 6.45) is 1.41. The molecule has 7 nitrogen and oxygen atoms in total. The molecule has 2 N–H and O–H groups in total. The first kappa shape index (κ1) is 23.0. The molecule has 1 aliphatic rings. The minimum absolute atomic E-state index is 0.0106. The third-order valence-electron chi connectivity index (χ3n) is 6.31. The highest BCUT2D eigenvalue weighted by molar-refractivity contribution is 6.14. The summed E-state index contributed by atoms with van der Waals surface area (Å²) < 4.78 is 14.7. The Hall–Kier alpha value is -4.72. The fraction of sp³-hybridized carbons (Fsp3) is 0.107. The Morgan fingerprint density at radius 2 is 1.61 bits per heavy atom. The molecule has 180 valence electrons. The molecule has 1 aromatic heterocycles. The maximum atomic E-state index is 13.6. The van der Waals surface area contributed by atoms with E-state index in [1.54, 1.807) is 0 Å². The van der Waals surface area contributed by atoms with Crippen LogP contribution in [-0.2, 0) is 11.3 Å². The number of aryl methyl sites for hydroxylation is 1. The maximum absolute atomic E-state index is 13.6. The zero-order chi connectivity index (χ0) is 25.4. The van der Waals surface area contributed by atoms with Crippen molar-refractivity contribution < 1.29 is 14.0 Å². The number of H-pyrrole nitrogens is 1. The van der Waals surface area contributed by atoms with Gasteiger partial charge in [0.05, 0.1) is 23.5 Å². The molecule has 0 unspecified atom stereocenters. The van der Waals surface area contributed by atoms with Gasteiger partial charge in [-0.05, 0) is 54.8 Å². The van der Waals surface area contributed by atoms with Gasteiger partial charge in [-0.25, -0.2) is 13.9 Å². The predicted octanol–water partition coefficient (Wildman–Crippen LogP) is 4.68. The highest BCUT2D eigenvalue weighted by atomic mass is 19.1. The monoisotopic (exact) mass is 482 g/mol. The van der Waals surface area contributed by atoms with Crippen LogP contribution in [0.15, 0.2) is 83.3 Å². The van der Waals surface area contributed by atoms with Crippen LogP contribution in [0.2, 0.25) is 0 Å². The largest absolute Gasteiger partial charge is 0.329 e. The molecule has 1 saturated heterocycles. The summed E-state index contributed by atoms with van der Waals surface area (Å²) in [5.74, 6) is -0.972. The molecule has 4 aromatic rings. The lowest BCUT2D eigenvalue weighted by Crippen LogP contribution is -2.30. The number of hydrogen-bond acceptors (Lipinski definition) is 3. The molecule has 2 heterocycles. The van der Waals surface area contributed by atoms with Crippen molar-refractivity contribution in [1.29, 1.82) is 0 Å². The van der Waals surface area contributed by atoms with E-state index in [0.717, 1.165) is 21.6 Å². The van der Waals surface area contributed by atoms with Crippen molar-refractivity contribution in [3.63, 3.8) is 0 Å². The van der Waals surface area contributed by atoms with Crippen molar-refractivity contribution in [2.75, 3.05) is 0 Å². The molecule has 3 amide bonds. The van der Waals surface area contributed by atoms with Crippen LogP contribution in [0.3, 0.4) is 0 Å². The summed E-state index contributed by atoms with van der Waals surface area (Å²) >= 11 is 0. The van der Waals surface area contributed by atoms with Gasteiger partial charge in [0.15, 0.2) is 0 Å². The van der Waals surface area contributed by atoms with Gasteiger partial charge in [0, 0.05) is 5.56 Å². The number of amides is 3. The Labute approximate surface area is 206 Å². The van der Waals surface area contributed by atoms with Crippen LogP contribution in [0, 0.1) is 19.7 Å². The molecule has 8 heteroatoms. The molecule has 1 aliphatic heterocycles. The fourth-order valence-electron chi connectivity index (χ4n) is 4.19. The van der Waals surface area contributed by atoms with E-state index in [9.17, 15) is 18.8 Å². The SMILES string of the molecule is Cc1cccc(-n2[nH]c(-c3ccccc3)c(/C=C3\NC(=O)N(Cc4ccc(F)cc4)C3=O)c2=O)c1C. The van der Waals surface area contributed by atoms with E-state index in [1.165, 1.54) is 35.0 Å². The number of imide groups is 1. The lowest BCUT2D eigenvalue weighted by Gasteiger charge is -2.11. The Morgan fingerprint density at radius 3 is 2.33 bits per heavy atom. The smallest absolute Gasteiger partial charge is 0.303 e. The zero-order valence-electron chi connectivity index (χ0n) is 19.7. The van der Waals surface area contributed by atoms with Gasteiger partial charge in [-0.1, -0.05) is 54.6 Å². The first-order chi connectivity index (χ1) is 17.3. The van der Waals surface area contributed by atoms with Gasteiger partial charge in [-0.3, -0.25) is 19.6 Å². The minimum atomic E-state index is -0.609. The van der Waals surface area contributed by atoms with E-state index >= 15 is 0 Å². The predicted molar refractivity (Wildman–Crippen MR) is 135 cm³/mol. The third kappa shape index (κ3) is 4.13. The molecule has 0 radical (unpaired) electrons. The number of hydrogen-bond donors (Lipinski definition) is 2. The highest BCUT2D eigenvalue weighted by Crippen LogP contribution is 2.25. The van der Waals surface area contributed by atoms with Crippen molar-refractivity contribution >= 4 is 18.0 Å². The second-order valence-corrected chi connectivity index (χ2v) is 8.63. The van der Waals surface area contributed by atoms with Crippen molar-refractivity contribution in [2.45, 2.75) is 20.4 Å². The maximum Gasteiger partial charge on any atom is 0.329 e. The average molecular weight is 483 g/mol. The Kier molecular flexibility index (Phi) is 5.85. The Balaban J connectivity index is 1.59. The highest BCUT2D eigenvalue weighted by Gasteiger charge is 2.34. The van der Waals surface area contributed by atoms with Gasteiger partial charge in [-0.15, -0.1) is 0 Å². The quantitative estimate of drug-likeness (QED) is 0.320. The van der Waals surface area contributed by atoms with Gasteiger partial charge in [-0.2, -0.15) is 0 Å². The van der Waals surface area contributed by atoms with Crippen LogP contribution in [-0.4, -0.2) is 26.6 Å². The van der Waals surface area contributed by atoms with Crippen molar-refractivity contribution in [3.8, 4) is 16.9 Å². The van der Waals surface area contributed by atoms with E-state index < -0.39 is 17.8 Å². The topological polar surface area (TPSA) is 87.2 Å². The normalized spacial score (nSPS) is 14.5. The van der Waals surface area contributed by atoms with Crippen LogP contribution in [0.5, 0.6) is 0 Å². The first-order valence-corrected chi connectivity index (χ1v) is 11.4. The van der Waals surface area contributed by atoms with Crippen LogP contribution in [0.4, 0.5) is 9.18 Å². The van der Waals surface area contributed by atoms with E-state index in [-0.39, 0.29) is 23.4 Å². The molecule has 0 aliphatic carbocycles. The molecule has 3 aromatic carbocycles. The number of carbonyl (C=O) groups is 2. The molecule has 0 saturated carbocycles. The fourth-order valence-corrected chi connectivity index (χ4v) is 4.19. The molecular weight excluding hydrogens is 459 g/mol.